The summed E-state index contributed by atoms with van der Waals surface area (Å²) in [6.07, 6.45) is 0. The monoisotopic (exact) mass is 471 g/mol. The van der Waals surface area contributed by atoms with Gasteiger partial charge in [-0.3, -0.25) is 0 Å². The molecule has 0 aliphatic rings. The Morgan fingerprint density at radius 2 is 0.861 bits per heavy atom. The zero-order valence-corrected chi connectivity index (χ0v) is 20.8. The lowest BCUT2D eigenvalue weighted by Gasteiger charge is -2.09. The van der Waals surface area contributed by atoms with Crippen molar-refractivity contribution in [1.29, 1.82) is 0 Å². The number of hydrogen-bond acceptors (Lipinski definition) is 3. The molecule has 0 aliphatic carbocycles. The molecule has 1 heterocycles. The summed E-state index contributed by atoms with van der Waals surface area (Å²) < 4.78 is 13.2. The predicted octanol–water partition coefficient (Wildman–Crippen LogP) is 6.07. The smallest absolute Gasteiger partial charge is 0.300 e. The van der Waals surface area contributed by atoms with Crippen LogP contribution in [0.25, 0.3) is 11.1 Å². The van der Waals surface area contributed by atoms with Crippen LogP contribution >= 0.6 is 0 Å². The maximum Gasteiger partial charge on any atom is 0.300 e. The number of hydrogen-bond donors (Lipinski definition) is 0. The Morgan fingerprint density at radius 1 is 0.500 bits per heavy atom. The van der Waals surface area contributed by atoms with E-state index in [0.29, 0.717) is 16.6 Å². The average Bonchev–Trinajstić information content (AvgIpc) is 3.28. The number of nitrogens with zero attached hydrogens (tertiary/aromatic N) is 1. The van der Waals surface area contributed by atoms with Gasteiger partial charge in [-0.1, -0.05) is 121 Å². The molecule has 0 amide bonds. The van der Waals surface area contributed by atoms with E-state index in [2.05, 4.69) is 69.3 Å². The average molecular weight is 472 g/mol. The molecule has 0 atom stereocenters. The van der Waals surface area contributed by atoms with E-state index in [1.54, 1.807) is 0 Å². The zero-order chi connectivity index (χ0) is 25.0. The summed E-state index contributed by atoms with van der Waals surface area (Å²) >= 11 is 0. The number of benzene rings is 4. The largest absolute Gasteiger partial charge is 0.419 e. The molecule has 0 unspecified atom stereocenters. The van der Waals surface area contributed by atoms with Crippen LogP contribution in [-0.4, -0.2) is 5.54 Å². The second kappa shape index (κ2) is 10.1. The van der Waals surface area contributed by atoms with E-state index in [-0.39, 0.29) is 5.54 Å². The topological polar surface area (TPSA) is 38.6 Å². The molecule has 0 saturated heterocycles. The van der Waals surface area contributed by atoms with Crippen molar-refractivity contribution in [2.45, 2.75) is 26.3 Å². The first-order chi connectivity index (χ1) is 17.5. The standard InChI is InChI=1S/C33H29NO2/c1-33(2,3)34-31-30(28(24-16-8-4-9-17-24)25-18-10-5-11-19-25)35-32(36-31)29(26-20-12-6-13-21-26)27-22-14-7-15-23-27/h4-23H,1-3H3. The van der Waals surface area contributed by atoms with E-state index >= 15 is 0 Å². The van der Waals surface area contributed by atoms with Gasteiger partial charge in [-0.05, 0) is 43.0 Å². The summed E-state index contributed by atoms with van der Waals surface area (Å²) in [5, 5.41) is 0. The van der Waals surface area contributed by atoms with Gasteiger partial charge in [-0.15, -0.1) is 0 Å². The molecule has 0 aliphatic heterocycles. The summed E-state index contributed by atoms with van der Waals surface area (Å²) in [5.41, 5.74) is 7.06. The predicted molar refractivity (Wildman–Crippen MR) is 145 cm³/mol. The van der Waals surface area contributed by atoms with Crippen molar-refractivity contribution in [3.8, 4) is 0 Å². The molecule has 3 nitrogen and oxygen atoms in total. The Morgan fingerprint density at radius 3 is 1.22 bits per heavy atom. The summed E-state index contributed by atoms with van der Waals surface area (Å²) in [6.45, 7) is 6.17. The summed E-state index contributed by atoms with van der Waals surface area (Å²) in [4.78, 5) is 4.96. The van der Waals surface area contributed by atoms with E-state index < -0.39 is 0 Å². The van der Waals surface area contributed by atoms with Gasteiger partial charge in [0.25, 0.3) is 5.55 Å². The molecule has 5 aromatic rings. The molecule has 36 heavy (non-hydrogen) atoms. The van der Waals surface area contributed by atoms with E-state index in [1.165, 1.54) is 0 Å². The molecule has 0 fully saturated rings. The second-order valence-corrected chi connectivity index (χ2v) is 9.62. The minimum Gasteiger partial charge on any atom is -0.419 e. The Labute approximate surface area is 211 Å². The Hall–Kier alpha value is -4.37. The maximum atomic E-state index is 6.67. The molecule has 0 saturated carbocycles. The lowest BCUT2D eigenvalue weighted by molar-refractivity contribution is 0.365. The van der Waals surface area contributed by atoms with Crippen molar-refractivity contribution in [3.05, 3.63) is 160 Å². The fourth-order valence-corrected chi connectivity index (χ4v) is 4.18. The minimum atomic E-state index is -0.364. The van der Waals surface area contributed by atoms with Crippen molar-refractivity contribution < 1.29 is 8.83 Å². The van der Waals surface area contributed by atoms with Crippen LogP contribution in [-0.2, 0) is 0 Å². The van der Waals surface area contributed by atoms with Crippen LogP contribution in [0.5, 0.6) is 0 Å². The van der Waals surface area contributed by atoms with Gasteiger partial charge in [-0.25, -0.2) is 4.99 Å². The molecule has 0 spiro atoms. The normalized spacial score (nSPS) is 11.9. The van der Waals surface area contributed by atoms with Crippen LogP contribution in [0, 0.1) is 0 Å². The van der Waals surface area contributed by atoms with E-state index in [9.17, 15) is 0 Å². The third-order valence-corrected chi connectivity index (χ3v) is 5.70. The molecular weight excluding hydrogens is 442 g/mol. The highest BCUT2D eigenvalue weighted by molar-refractivity contribution is 5.79. The van der Waals surface area contributed by atoms with Gasteiger partial charge in [0.15, 0.2) is 0 Å². The number of rotatable bonds is 4. The van der Waals surface area contributed by atoms with Crippen molar-refractivity contribution in [3.63, 3.8) is 0 Å². The van der Waals surface area contributed by atoms with Gasteiger partial charge in [-0.2, -0.15) is 0 Å². The molecule has 178 valence electrons. The van der Waals surface area contributed by atoms with Crippen LogP contribution in [0.2, 0.25) is 0 Å². The maximum absolute atomic E-state index is 6.67. The van der Waals surface area contributed by atoms with Crippen LogP contribution in [0.1, 0.15) is 43.0 Å². The first-order valence-corrected chi connectivity index (χ1v) is 12.2. The van der Waals surface area contributed by atoms with Crippen molar-refractivity contribution in [2.75, 3.05) is 0 Å². The summed E-state index contributed by atoms with van der Waals surface area (Å²) in [5.74, 6) is 0. The van der Waals surface area contributed by atoms with Gasteiger partial charge in [0.2, 0.25) is 5.42 Å². The van der Waals surface area contributed by atoms with Crippen molar-refractivity contribution in [2.24, 2.45) is 4.99 Å². The van der Waals surface area contributed by atoms with E-state index in [4.69, 9.17) is 13.8 Å². The SMILES string of the molecule is CC(C)(C)N=c1oc(=C(c2ccccc2)c2ccccc2)oc1=C(c1ccccc1)c1ccccc1. The summed E-state index contributed by atoms with van der Waals surface area (Å²) in [6, 6.07) is 40.9. The Bertz CT molecular complexity index is 1540. The first kappa shape index (κ1) is 23.4. The highest BCUT2D eigenvalue weighted by Gasteiger charge is 2.17. The second-order valence-electron chi connectivity index (χ2n) is 9.62. The molecule has 3 heteroatoms. The Kier molecular flexibility index (Phi) is 6.55. The first-order valence-electron chi connectivity index (χ1n) is 12.2. The highest BCUT2D eigenvalue weighted by Crippen LogP contribution is 2.22. The third-order valence-electron chi connectivity index (χ3n) is 5.70. The van der Waals surface area contributed by atoms with Crippen LogP contribution in [0.3, 0.4) is 0 Å². The van der Waals surface area contributed by atoms with Gasteiger partial charge in [0.05, 0.1) is 11.1 Å². The quantitative estimate of drug-likeness (QED) is 0.319. The van der Waals surface area contributed by atoms with E-state index in [1.807, 2.05) is 72.8 Å². The van der Waals surface area contributed by atoms with Gasteiger partial charge < -0.3 is 8.83 Å². The van der Waals surface area contributed by atoms with Gasteiger partial charge >= 0.3 is 5.61 Å². The lowest BCUT2D eigenvalue weighted by atomic mass is 9.98. The van der Waals surface area contributed by atoms with Crippen LogP contribution < -0.4 is 16.6 Å². The fraction of sp³-hybridized carbons (Fsp3) is 0.121. The molecule has 0 N–H and O–H groups in total. The minimum absolute atomic E-state index is 0.364. The Balaban J connectivity index is 1.99. The fourth-order valence-electron chi connectivity index (χ4n) is 4.18. The highest BCUT2D eigenvalue weighted by atomic mass is 16.5. The van der Waals surface area contributed by atoms with Crippen molar-refractivity contribution >= 4 is 11.1 Å². The van der Waals surface area contributed by atoms with Gasteiger partial charge in [0, 0.05) is 5.57 Å². The molecule has 0 bridgehead atoms. The van der Waals surface area contributed by atoms with Crippen LogP contribution in [0.4, 0.5) is 0 Å². The summed E-state index contributed by atoms with van der Waals surface area (Å²) in [7, 11) is 0. The third kappa shape index (κ3) is 5.16. The lowest BCUT2D eigenvalue weighted by Crippen LogP contribution is -2.28. The molecule has 4 aromatic carbocycles. The van der Waals surface area contributed by atoms with Crippen molar-refractivity contribution in [1.82, 2.24) is 0 Å². The molecule has 0 radical (unpaired) electrons. The molecular formula is C33H29NO2. The van der Waals surface area contributed by atoms with Crippen LogP contribution in [0.15, 0.2) is 135 Å². The van der Waals surface area contributed by atoms with E-state index in [0.717, 1.165) is 33.4 Å². The molecule has 5 rings (SSSR count). The molecule has 1 aromatic heterocycles. The van der Waals surface area contributed by atoms with Gasteiger partial charge in [0.1, 0.15) is 0 Å². The zero-order valence-electron chi connectivity index (χ0n) is 20.8.